The van der Waals surface area contributed by atoms with Crippen LogP contribution in [0.4, 0.5) is 0 Å². The third kappa shape index (κ3) is 14.2. The summed E-state index contributed by atoms with van der Waals surface area (Å²) in [6, 6.07) is 0. The van der Waals surface area contributed by atoms with Crippen molar-refractivity contribution in [3.8, 4) is 0 Å². The first-order valence-corrected chi connectivity index (χ1v) is 9.46. The summed E-state index contributed by atoms with van der Waals surface area (Å²) >= 11 is 0. The van der Waals surface area contributed by atoms with Gasteiger partial charge in [0.25, 0.3) is 0 Å². The van der Waals surface area contributed by atoms with E-state index in [0.717, 1.165) is 5.92 Å². The monoisotopic (exact) mass is 280 g/mol. The Morgan fingerprint density at radius 1 is 0.700 bits per heavy atom. The Morgan fingerprint density at radius 3 is 1.80 bits per heavy atom. The Labute approximate surface area is 129 Å². The molecule has 0 heterocycles. The van der Waals surface area contributed by atoms with Crippen LogP contribution in [-0.4, -0.2) is 0 Å². The van der Waals surface area contributed by atoms with Crippen LogP contribution in [0.2, 0.25) is 0 Å². The van der Waals surface area contributed by atoms with E-state index in [4.69, 9.17) is 0 Å². The molecule has 0 N–H and O–H groups in total. The van der Waals surface area contributed by atoms with E-state index >= 15 is 0 Å². The first-order chi connectivity index (χ1) is 9.85. The quantitative estimate of drug-likeness (QED) is 0.213. The summed E-state index contributed by atoms with van der Waals surface area (Å²) < 4.78 is 0. The minimum Gasteiger partial charge on any atom is -0.0917 e. The Kier molecular flexibility index (Phi) is 16.6. The van der Waals surface area contributed by atoms with E-state index in [9.17, 15) is 0 Å². The zero-order chi connectivity index (χ0) is 14.9. The van der Waals surface area contributed by atoms with E-state index in [1.54, 1.807) is 0 Å². The van der Waals surface area contributed by atoms with Gasteiger partial charge in [0.2, 0.25) is 0 Å². The third-order valence-corrected chi connectivity index (χ3v) is 4.51. The molecule has 0 radical (unpaired) electrons. The Bertz CT molecular complexity index is 192. The molecule has 1 atom stereocenters. The van der Waals surface area contributed by atoms with E-state index in [1.807, 2.05) is 0 Å². The van der Waals surface area contributed by atoms with Gasteiger partial charge in [-0.15, -0.1) is 0 Å². The van der Waals surface area contributed by atoms with Gasteiger partial charge in [-0.05, 0) is 25.7 Å². The van der Waals surface area contributed by atoms with Crippen molar-refractivity contribution in [2.75, 3.05) is 0 Å². The van der Waals surface area contributed by atoms with Gasteiger partial charge < -0.3 is 0 Å². The second-order valence-electron chi connectivity index (χ2n) is 6.39. The normalized spacial score (nSPS) is 13.2. The molecule has 0 aromatic heterocycles. The van der Waals surface area contributed by atoms with Crippen molar-refractivity contribution < 1.29 is 0 Å². The Hall–Kier alpha value is -0.260. The molecule has 1 unspecified atom stereocenters. The minimum absolute atomic E-state index is 1.01. The Morgan fingerprint density at radius 2 is 1.25 bits per heavy atom. The smallest absolute Gasteiger partial charge is 0.0351 e. The molecular weight excluding hydrogens is 240 g/mol. The van der Waals surface area contributed by atoms with Crippen LogP contribution in [0.5, 0.6) is 0 Å². The van der Waals surface area contributed by atoms with Crippen molar-refractivity contribution in [3.63, 3.8) is 0 Å². The van der Waals surface area contributed by atoms with Crippen molar-refractivity contribution in [2.45, 2.75) is 111 Å². The standard InChI is InChI=1S/C20H40/c1-4-7-9-11-13-15-17-19-20(6-3)18-16-14-12-10-8-5-2/h5,8,20H,4,6-7,9-19H2,1-3H3. The van der Waals surface area contributed by atoms with Gasteiger partial charge in [0.15, 0.2) is 0 Å². The zero-order valence-corrected chi connectivity index (χ0v) is 14.6. The molecule has 0 aromatic carbocycles. The third-order valence-electron chi connectivity index (χ3n) is 4.51. The van der Waals surface area contributed by atoms with Crippen LogP contribution in [0.15, 0.2) is 12.2 Å². The molecule has 0 heteroatoms. The summed E-state index contributed by atoms with van der Waals surface area (Å²) in [4.78, 5) is 0. The first kappa shape index (κ1) is 19.7. The molecule has 0 aliphatic heterocycles. The van der Waals surface area contributed by atoms with Crippen LogP contribution in [0.25, 0.3) is 0 Å². The van der Waals surface area contributed by atoms with Gasteiger partial charge in [-0.1, -0.05) is 103 Å². The van der Waals surface area contributed by atoms with Crippen LogP contribution in [0, 0.1) is 5.92 Å². The van der Waals surface area contributed by atoms with Gasteiger partial charge in [-0.3, -0.25) is 0 Å². The van der Waals surface area contributed by atoms with Crippen LogP contribution in [0.1, 0.15) is 111 Å². The van der Waals surface area contributed by atoms with Crippen molar-refractivity contribution >= 4 is 0 Å². The van der Waals surface area contributed by atoms with Crippen LogP contribution in [-0.2, 0) is 0 Å². The zero-order valence-electron chi connectivity index (χ0n) is 14.6. The molecule has 0 saturated carbocycles. The maximum absolute atomic E-state index is 2.38. The fourth-order valence-corrected chi connectivity index (χ4v) is 2.98. The molecule has 0 aromatic rings. The first-order valence-electron chi connectivity index (χ1n) is 9.46. The van der Waals surface area contributed by atoms with Gasteiger partial charge in [-0.2, -0.15) is 0 Å². The lowest BCUT2D eigenvalue weighted by atomic mass is 9.92. The molecule has 0 fully saturated rings. The van der Waals surface area contributed by atoms with Gasteiger partial charge in [0.1, 0.15) is 0 Å². The van der Waals surface area contributed by atoms with E-state index in [2.05, 4.69) is 32.9 Å². The van der Waals surface area contributed by atoms with E-state index in [1.165, 1.54) is 89.9 Å². The topological polar surface area (TPSA) is 0 Å². The largest absolute Gasteiger partial charge is 0.0917 e. The van der Waals surface area contributed by atoms with E-state index < -0.39 is 0 Å². The molecule has 0 rings (SSSR count). The molecule has 0 aliphatic carbocycles. The number of rotatable bonds is 15. The van der Waals surface area contributed by atoms with Gasteiger partial charge >= 0.3 is 0 Å². The summed E-state index contributed by atoms with van der Waals surface area (Å²) in [6.07, 6.45) is 24.5. The lowest BCUT2D eigenvalue weighted by molar-refractivity contribution is 0.394. The van der Waals surface area contributed by atoms with Crippen molar-refractivity contribution in [3.05, 3.63) is 12.2 Å². The second-order valence-corrected chi connectivity index (χ2v) is 6.39. The summed E-state index contributed by atoms with van der Waals surface area (Å²) in [5.41, 5.74) is 0. The lowest BCUT2D eigenvalue weighted by Gasteiger charge is -2.14. The Balaban J connectivity index is 3.33. The number of hydrogen-bond acceptors (Lipinski definition) is 0. The molecule has 0 bridgehead atoms. The minimum atomic E-state index is 1.01. The molecule has 120 valence electrons. The van der Waals surface area contributed by atoms with Crippen molar-refractivity contribution in [1.82, 2.24) is 0 Å². The summed E-state index contributed by atoms with van der Waals surface area (Å²) in [7, 11) is 0. The highest BCUT2D eigenvalue weighted by Crippen LogP contribution is 2.21. The van der Waals surface area contributed by atoms with Gasteiger partial charge in [0, 0.05) is 0 Å². The molecule has 20 heavy (non-hydrogen) atoms. The van der Waals surface area contributed by atoms with Crippen LogP contribution >= 0.6 is 0 Å². The van der Waals surface area contributed by atoms with Crippen molar-refractivity contribution in [2.24, 2.45) is 5.92 Å². The highest BCUT2D eigenvalue weighted by molar-refractivity contribution is 4.76. The number of allylic oxidation sites excluding steroid dienone is 2. The molecule has 0 amide bonds. The molecule has 0 saturated heterocycles. The van der Waals surface area contributed by atoms with Crippen LogP contribution in [0.3, 0.4) is 0 Å². The summed E-state index contributed by atoms with van der Waals surface area (Å²) in [6.45, 7) is 6.80. The van der Waals surface area contributed by atoms with Crippen molar-refractivity contribution in [1.29, 1.82) is 0 Å². The number of hydrogen-bond donors (Lipinski definition) is 0. The average molecular weight is 281 g/mol. The highest BCUT2D eigenvalue weighted by Gasteiger charge is 2.05. The maximum atomic E-state index is 2.38. The molecule has 0 nitrogen and oxygen atoms in total. The van der Waals surface area contributed by atoms with Gasteiger partial charge in [0.05, 0.1) is 0 Å². The molecule has 0 spiro atoms. The maximum Gasteiger partial charge on any atom is -0.0351 e. The average Bonchev–Trinajstić information content (AvgIpc) is 2.47. The van der Waals surface area contributed by atoms with Gasteiger partial charge in [-0.25, -0.2) is 0 Å². The van der Waals surface area contributed by atoms with E-state index in [-0.39, 0.29) is 0 Å². The second kappa shape index (κ2) is 16.8. The SMILES string of the molecule is CC=CCCCCCC(CC)CCCCCCCCC. The highest BCUT2D eigenvalue weighted by atomic mass is 14.1. The summed E-state index contributed by atoms with van der Waals surface area (Å²) in [5, 5.41) is 0. The fraction of sp³-hybridized carbons (Fsp3) is 0.900. The lowest BCUT2D eigenvalue weighted by Crippen LogP contribution is -1.99. The fourth-order valence-electron chi connectivity index (χ4n) is 2.98. The number of unbranched alkanes of at least 4 members (excludes halogenated alkanes) is 9. The van der Waals surface area contributed by atoms with Crippen LogP contribution < -0.4 is 0 Å². The predicted octanol–water partition coefficient (Wildman–Crippen LogP) is 7.68. The molecular formula is C20H40. The predicted molar refractivity (Wildman–Crippen MR) is 94.3 cm³/mol. The van der Waals surface area contributed by atoms with E-state index in [0.29, 0.717) is 0 Å². The molecule has 0 aliphatic rings. The summed E-state index contributed by atoms with van der Waals surface area (Å²) in [5.74, 6) is 1.01.